The Balaban J connectivity index is 2.19. The summed E-state index contributed by atoms with van der Waals surface area (Å²) >= 11 is 0. The van der Waals surface area contributed by atoms with Gasteiger partial charge in [0.15, 0.2) is 5.82 Å². The molecule has 5 nitrogen and oxygen atoms in total. The Morgan fingerprint density at radius 3 is 2.89 bits per heavy atom. The highest BCUT2D eigenvalue weighted by Crippen LogP contribution is 2.21. The van der Waals surface area contributed by atoms with E-state index < -0.39 is 0 Å². The maximum Gasteiger partial charge on any atom is 0.159 e. The molecule has 1 heterocycles. The molecule has 0 aliphatic rings. The average Bonchev–Trinajstić information content (AvgIpc) is 2.41. The Bertz CT molecular complexity index is 557. The summed E-state index contributed by atoms with van der Waals surface area (Å²) in [4.78, 5) is 8.76. The molecule has 0 bridgehead atoms. The standard InChI is InChI=1S/C14H18N4O/c1-10-13(16-7-3-6-15)9-17-14(18-10)11-4-2-5-12(19)8-11/h2,4-5,8-9,16,19H,3,6-7,15H2,1H3. The Labute approximate surface area is 112 Å². The van der Waals surface area contributed by atoms with E-state index in [1.807, 2.05) is 13.0 Å². The van der Waals surface area contributed by atoms with E-state index in [0.717, 1.165) is 29.9 Å². The van der Waals surface area contributed by atoms with Crippen LogP contribution < -0.4 is 11.1 Å². The topological polar surface area (TPSA) is 84.1 Å². The lowest BCUT2D eigenvalue weighted by atomic mass is 10.2. The van der Waals surface area contributed by atoms with Crippen molar-refractivity contribution >= 4 is 5.69 Å². The van der Waals surface area contributed by atoms with E-state index in [9.17, 15) is 5.11 Å². The van der Waals surface area contributed by atoms with E-state index in [1.165, 1.54) is 0 Å². The first-order chi connectivity index (χ1) is 9.20. The lowest BCUT2D eigenvalue weighted by Gasteiger charge is -2.09. The molecule has 5 heteroatoms. The van der Waals surface area contributed by atoms with Gasteiger partial charge in [0.2, 0.25) is 0 Å². The molecule has 0 aliphatic heterocycles. The van der Waals surface area contributed by atoms with E-state index in [0.29, 0.717) is 12.4 Å². The third-order valence-electron chi connectivity index (χ3n) is 2.78. The fraction of sp³-hybridized carbons (Fsp3) is 0.286. The highest BCUT2D eigenvalue weighted by molar-refractivity contribution is 5.59. The Morgan fingerprint density at radius 2 is 2.21 bits per heavy atom. The minimum Gasteiger partial charge on any atom is -0.508 e. The summed E-state index contributed by atoms with van der Waals surface area (Å²) in [6.45, 7) is 3.40. The van der Waals surface area contributed by atoms with Gasteiger partial charge in [0.1, 0.15) is 5.75 Å². The van der Waals surface area contributed by atoms with Crippen molar-refractivity contribution in [2.45, 2.75) is 13.3 Å². The van der Waals surface area contributed by atoms with Crippen LogP contribution in [0.15, 0.2) is 30.5 Å². The largest absolute Gasteiger partial charge is 0.508 e. The lowest BCUT2D eigenvalue weighted by Crippen LogP contribution is -2.10. The zero-order valence-electron chi connectivity index (χ0n) is 10.9. The predicted molar refractivity (Wildman–Crippen MR) is 76.0 cm³/mol. The first-order valence-corrected chi connectivity index (χ1v) is 6.27. The molecule has 100 valence electrons. The third-order valence-corrected chi connectivity index (χ3v) is 2.78. The van der Waals surface area contributed by atoms with Gasteiger partial charge in [-0.25, -0.2) is 9.97 Å². The van der Waals surface area contributed by atoms with Gasteiger partial charge in [-0.2, -0.15) is 0 Å². The number of phenolic OH excluding ortho intramolecular Hbond substituents is 1. The van der Waals surface area contributed by atoms with Gasteiger partial charge in [0.05, 0.1) is 17.6 Å². The van der Waals surface area contributed by atoms with Crippen LogP contribution in [0.4, 0.5) is 5.69 Å². The molecule has 0 spiro atoms. The van der Waals surface area contributed by atoms with E-state index in [4.69, 9.17) is 5.73 Å². The molecule has 0 atom stereocenters. The van der Waals surface area contributed by atoms with Crippen molar-refractivity contribution in [2.24, 2.45) is 5.73 Å². The number of nitrogens with zero attached hydrogens (tertiary/aromatic N) is 2. The van der Waals surface area contributed by atoms with E-state index in [-0.39, 0.29) is 5.75 Å². The van der Waals surface area contributed by atoms with Crippen LogP contribution in [0, 0.1) is 6.92 Å². The van der Waals surface area contributed by atoms with Crippen LogP contribution in [0.5, 0.6) is 5.75 Å². The quantitative estimate of drug-likeness (QED) is 0.713. The fourth-order valence-electron chi connectivity index (χ4n) is 1.75. The number of anilines is 1. The van der Waals surface area contributed by atoms with Crippen molar-refractivity contribution in [1.29, 1.82) is 0 Å². The van der Waals surface area contributed by atoms with Gasteiger partial charge in [-0.05, 0) is 32.0 Å². The van der Waals surface area contributed by atoms with Crippen molar-refractivity contribution < 1.29 is 5.11 Å². The molecule has 0 unspecified atom stereocenters. The summed E-state index contributed by atoms with van der Waals surface area (Å²) in [6.07, 6.45) is 2.67. The Kier molecular flexibility index (Phi) is 4.30. The van der Waals surface area contributed by atoms with Crippen LogP contribution in [-0.4, -0.2) is 28.2 Å². The van der Waals surface area contributed by atoms with Gasteiger partial charge in [-0.3, -0.25) is 0 Å². The van der Waals surface area contributed by atoms with E-state index >= 15 is 0 Å². The number of rotatable bonds is 5. The summed E-state index contributed by atoms with van der Waals surface area (Å²) in [7, 11) is 0. The number of hydrogen-bond donors (Lipinski definition) is 3. The molecule has 0 radical (unpaired) electrons. The predicted octanol–water partition coefficient (Wildman–Crippen LogP) is 1.92. The minimum atomic E-state index is 0.212. The van der Waals surface area contributed by atoms with Gasteiger partial charge in [-0.15, -0.1) is 0 Å². The molecule has 1 aromatic heterocycles. The van der Waals surface area contributed by atoms with Gasteiger partial charge in [0.25, 0.3) is 0 Å². The van der Waals surface area contributed by atoms with Crippen molar-refractivity contribution in [3.63, 3.8) is 0 Å². The van der Waals surface area contributed by atoms with Gasteiger partial charge in [-0.1, -0.05) is 12.1 Å². The second kappa shape index (κ2) is 6.15. The van der Waals surface area contributed by atoms with Crippen molar-refractivity contribution in [1.82, 2.24) is 9.97 Å². The molecule has 0 saturated carbocycles. The molecular formula is C14H18N4O. The van der Waals surface area contributed by atoms with Crippen molar-refractivity contribution in [2.75, 3.05) is 18.4 Å². The maximum atomic E-state index is 9.46. The summed E-state index contributed by atoms with van der Waals surface area (Å²) in [6, 6.07) is 6.92. The van der Waals surface area contributed by atoms with Crippen LogP contribution in [-0.2, 0) is 0 Å². The third kappa shape index (κ3) is 3.42. The second-order valence-electron chi connectivity index (χ2n) is 4.31. The van der Waals surface area contributed by atoms with Crippen LogP contribution in [0.25, 0.3) is 11.4 Å². The Morgan fingerprint density at radius 1 is 1.37 bits per heavy atom. The molecule has 4 N–H and O–H groups in total. The monoisotopic (exact) mass is 258 g/mol. The van der Waals surface area contributed by atoms with Gasteiger partial charge < -0.3 is 16.2 Å². The zero-order valence-corrected chi connectivity index (χ0v) is 10.9. The van der Waals surface area contributed by atoms with Gasteiger partial charge >= 0.3 is 0 Å². The fourth-order valence-corrected chi connectivity index (χ4v) is 1.75. The SMILES string of the molecule is Cc1nc(-c2cccc(O)c2)ncc1NCCCN. The number of aromatic nitrogens is 2. The maximum absolute atomic E-state index is 9.46. The number of aromatic hydroxyl groups is 1. The summed E-state index contributed by atoms with van der Waals surface area (Å²) < 4.78 is 0. The molecule has 1 aromatic carbocycles. The second-order valence-corrected chi connectivity index (χ2v) is 4.31. The first kappa shape index (κ1) is 13.3. The molecule has 2 rings (SSSR count). The minimum absolute atomic E-state index is 0.212. The molecule has 0 amide bonds. The first-order valence-electron chi connectivity index (χ1n) is 6.27. The zero-order chi connectivity index (χ0) is 13.7. The normalized spacial score (nSPS) is 10.4. The van der Waals surface area contributed by atoms with E-state index in [1.54, 1.807) is 24.4 Å². The average molecular weight is 258 g/mol. The lowest BCUT2D eigenvalue weighted by molar-refractivity contribution is 0.475. The highest BCUT2D eigenvalue weighted by Gasteiger charge is 2.05. The highest BCUT2D eigenvalue weighted by atomic mass is 16.3. The van der Waals surface area contributed by atoms with Crippen LogP contribution >= 0.6 is 0 Å². The van der Waals surface area contributed by atoms with Crippen molar-refractivity contribution in [3.8, 4) is 17.1 Å². The van der Waals surface area contributed by atoms with Crippen LogP contribution in [0.1, 0.15) is 12.1 Å². The summed E-state index contributed by atoms with van der Waals surface area (Å²) in [5, 5.41) is 12.7. The summed E-state index contributed by atoms with van der Waals surface area (Å²) in [5.41, 5.74) is 8.05. The number of hydrogen-bond acceptors (Lipinski definition) is 5. The number of nitrogens with one attached hydrogen (secondary N) is 1. The van der Waals surface area contributed by atoms with E-state index in [2.05, 4.69) is 15.3 Å². The van der Waals surface area contributed by atoms with Gasteiger partial charge in [0, 0.05) is 12.1 Å². The summed E-state index contributed by atoms with van der Waals surface area (Å²) in [5.74, 6) is 0.821. The van der Waals surface area contributed by atoms with Crippen LogP contribution in [0.3, 0.4) is 0 Å². The number of phenols is 1. The molecule has 2 aromatic rings. The number of nitrogens with two attached hydrogens (primary N) is 1. The molecule has 0 aliphatic carbocycles. The number of aryl methyl sites for hydroxylation is 1. The molecule has 0 fully saturated rings. The molecule has 19 heavy (non-hydrogen) atoms. The van der Waals surface area contributed by atoms with Crippen LogP contribution in [0.2, 0.25) is 0 Å². The van der Waals surface area contributed by atoms with Crippen molar-refractivity contribution in [3.05, 3.63) is 36.2 Å². The molecule has 0 saturated heterocycles. The number of benzene rings is 1. The Hall–Kier alpha value is -2.14. The smallest absolute Gasteiger partial charge is 0.159 e. The molecular weight excluding hydrogens is 240 g/mol.